The van der Waals surface area contributed by atoms with E-state index in [1.807, 2.05) is 48.5 Å². The molecule has 3 aromatic rings. The summed E-state index contributed by atoms with van der Waals surface area (Å²) < 4.78 is 18.9. The minimum atomic E-state index is -0.475. The van der Waals surface area contributed by atoms with E-state index in [1.165, 1.54) is 12.1 Å². The first-order chi connectivity index (χ1) is 12.2. The van der Waals surface area contributed by atoms with E-state index in [2.05, 4.69) is 10.3 Å². The SMILES string of the molecule is O=C1N[C@@H](c2cccc(-c3cccc(F)c3)n2)[C@H](c2ccccc2)O1. The van der Waals surface area contributed by atoms with E-state index < -0.39 is 18.2 Å². The Kier molecular flexibility index (Phi) is 3.90. The molecule has 5 heteroatoms. The maximum atomic E-state index is 13.5. The fourth-order valence-corrected chi connectivity index (χ4v) is 2.99. The third kappa shape index (κ3) is 3.08. The van der Waals surface area contributed by atoms with Gasteiger partial charge in [0.05, 0.1) is 11.4 Å². The van der Waals surface area contributed by atoms with Crippen molar-refractivity contribution in [2.75, 3.05) is 0 Å². The van der Waals surface area contributed by atoms with Crippen molar-refractivity contribution in [1.29, 1.82) is 0 Å². The van der Waals surface area contributed by atoms with Gasteiger partial charge in [0.2, 0.25) is 0 Å². The maximum absolute atomic E-state index is 13.5. The molecule has 4 rings (SSSR count). The van der Waals surface area contributed by atoms with Crippen molar-refractivity contribution < 1.29 is 13.9 Å². The molecule has 1 amide bonds. The first-order valence-electron chi connectivity index (χ1n) is 7.96. The molecule has 1 fully saturated rings. The average molecular weight is 334 g/mol. The Labute approximate surface area is 144 Å². The van der Waals surface area contributed by atoms with E-state index in [0.29, 0.717) is 17.0 Å². The van der Waals surface area contributed by atoms with Gasteiger partial charge in [0.25, 0.3) is 0 Å². The summed E-state index contributed by atoms with van der Waals surface area (Å²) in [6.45, 7) is 0. The van der Waals surface area contributed by atoms with E-state index in [0.717, 1.165) is 5.56 Å². The van der Waals surface area contributed by atoms with Crippen molar-refractivity contribution in [2.45, 2.75) is 12.1 Å². The minimum Gasteiger partial charge on any atom is -0.439 e. The van der Waals surface area contributed by atoms with Crippen LogP contribution in [-0.4, -0.2) is 11.1 Å². The van der Waals surface area contributed by atoms with Crippen LogP contribution in [-0.2, 0) is 4.74 Å². The largest absolute Gasteiger partial charge is 0.439 e. The lowest BCUT2D eigenvalue weighted by Gasteiger charge is -2.17. The Hall–Kier alpha value is -3.21. The Balaban J connectivity index is 1.71. The van der Waals surface area contributed by atoms with Crippen LogP contribution in [0.15, 0.2) is 72.8 Å². The van der Waals surface area contributed by atoms with Crippen molar-refractivity contribution in [1.82, 2.24) is 10.3 Å². The molecule has 0 spiro atoms. The fraction of sp³-hybridized carbons (Fsp3) is 0.100. The van der Waals surface area contributed by atoms with E-state index in [-0.39, 0.29) is 5.82 Å². The first kappa shape index (κ1) is 15.3. The number of carbonyl (C=O) groups excluding carboxylic acids is 1. The highest BCUT2D eigenvalue weighted by Gasteiger charge is 2.37. The third-order valence-electron chi connectivity index (χ3n) is 4.15. The molecule has 1 aromatic heterocycles. The molecular formula is C20H15FN2O2. The number of hydrogen-bond donors (Lipinski definition) is 1. The normalized spacial score (nSPS) is 19.3. The number of rotatable bonds is 3. The van der Waals surface area contributed by atoms with Gasteiger partial charge in [-0.05, 0) is 29.8 Å². The molecule has 2 aromatic carbocycles. The number of pyridine rings is 1. The van der Waals surface area contributed by atoms with Gasteiger partial charge in [-0.25, -0.2) is 9.18 Å². The second kappa shape index (κ2) is 6.36. The number of amides is 1. The molecule has 0 unspecified atom stereocenters. The van der Waals surface area contributed by atoms with Crippen molar-refractivity contribution in [3.05, 3.63) is 89.9 Å². The van der Waals surface area contributed by atoms with Crippen LogP contribution >= 0.6 is 0 Å². The molecular weight excluding hydrogens is 319 g/mol. The molecule has 0 bridgehead atoms. The van der Waals surface area contributed by atoms with Crippen molar-refractivity contribution in [2.24, 2.45) is 0 Å². The van der Waals surface area contributed by atoms with Crippen molar-refractivity contribution in [3.63, 3.8) is 0 Å². The van der Waals surface area contributed by atoms with E-state index in [1.54, 1.807) is 12.1 Å². The summed E-state index contributed by atoms with van der Waals surface area (Å²) in [5, 5.41) is 2.81. The van der Waals surface area contributed by atoms with Crippen LogP contribution in [0.5, 0.6) is 0 Å². The van der Waals surface area contributed by atoms with Gasteiger partial charge < -0.3 is 10.1 Å². The maximum Gasteiger partial charge on any atom is 0.408 e. The zero-order valence-electron chi connectivity index (χ0n) is 13.2. The molecule has 0 saturated carbocycles. The molecule has 0 aliphatic carbocycles. The smallest absolute Gasteiger partial charge is 0.408 e. The number of ether oxygens (including phenoxy) is 1. The van der Waals surface area contributed by atoms with Gasteiger partial charge in [0, 0.05) is 5.56 Å². The third-order valence-corrected chi connectivity index (χ3v) is 4.15. The second-order valence-electron chi connectivity index (χ2n) is 5.82. The average Bonchev–Trinajstić information content (AvgIpc) is 3.04. The highest BCUT2D eigenvalue weighted by molar-refractivity contribution is 5.71. The Morgan fingerprint density at radius 1 is 0.960 bits per heavy atom. The number of aromatic nitrogens is 1. The summed E-state index contributed by atoms with van der Waals surface area (Å²) >= 11 is 0. The number of nitrogens with zero attached hydrogens (tertiary/aromatic N) is 1. The lowest BCUT2D eigenvalue weighted by molar-refractivity contribution is 0.132. The van der Waals surface area contributed by atoms with Crippen molar-refractivity contribution >= 4 is 6.09 Å². The zero-order chi connectivity index (χ0) is 17.2. The summed E-state index contributed by atoms with van der Waals surface area (Å²) in [6.07, 6.45) is -0.930. The fourth-order valence-electron chi connectivity index (χ4n) is 2.99. The standard InChI is InChI=1S/C20H15FN2O2/c21-15-9-4-8-14(12-15)16-10-5-11-17(22-16)18-19(25-20(24)23-18)13-6-2-1-3-7-13/h1-12,18-19H,(H,23,24)/t18-,19-/m0/s1. The van der Waals surface area contributed by atoms with E-state index in [9.17, 15) is 9.18 Å². The predicted octanol–water partition coefficient (Wildman–Crippen LogP) is 4.41. The Morgan fingerprint density at radius 3 is 2.56 bits per heavy atom. The quantitative estimate of drug-likeness (QED) is 0.772. The van der Waals surface area contributed by atoms with E-state index in [4.69, 9.17) is 4.74 Å². The van der Waals surface area contributed by atoms with Gasteiger partial charge in [0.15, 0.2) is 6.10 Å². The molecule has 124 valence electrons. The summed E-state index contributed by atoms with van der Waals surface area (Å²) in [7, 11) is 0. The number of alkyl carbamates (subject to hydrolysis) is 1. The minimum absolute atomic E-state index is 0.315. The molecule has 1 aliphatic rings. The van der Waals surface area contributed by atoms with Crippen molar-refractivity contribution in [3.8, 4) is 11.3 Å². The lowest BCUT2D eigenvalue weighted by Crippen LogP contribution is -2.20. The molecule has 0 radical (unpaired) electrons. The number of hydrogen-bond acceptors (Lipinski definition) is 3. The number of halogens is 1. The first-order valence-corrected chi connectivity index (χ1v) is 7.96. The van der Waals surface area contributed by atoms with Crippen LogP contribution in [0.25, 0.3) is 11.3 Å². The second-order valence-corrected chi connectivity index (χ2v) is 5.82. The number of carbonyl (C=O) groups is 1. The van der Waals surface area contributed by atoms with Crippen LogP contribution in [0.3, 0.4) is 0 Å². The predicted molar refractivity (Wildman–Crippen MR) is 91.2 cm³/mol. The lowest BCUT2D eigenvalue weighted by atomic mass is 9.99. The van der Waals surface area contributed by atoms with Gasteiger partial charge in [-0.15, -0.1) is 0 Å². The molecule has 2 atom stereocenters. The van der Waals surface area contributed by atoms with Crippen LogP contribution in [0.4, 0.5) is 9.18 Å². The molecule has 25 heavy (non-hydrogen) atoms. The molecule has 1 N–H and O–H groups in total. The Bertz CT molecular complexity index is 914. The zero-order valence-corrected chi connectivity index (χ0v) is 13.2. The van der Waals surface area contributed by atoms with E-state index >= 15 is 0 Å². The van der Waals surface area contributed by atoms with Gasteiger partial charge in [-0.2, -0.15) is 0 Å². The summed E-state index contributed by atoms with van der Waals surface area (Å²) in [5.41, 5.74) is 2.89. The van der Waals surface area contributed by atoms with Gasteiger partial charge in [-0.3, -0.25) is 4.98 Å². The number of benzene rings is 2. The van der Waals surface area contributed by atoms with Gasteiger partial charge in [0.1, 0.15) is 11.9 Å². The number of cyclic esters (lactones) is 1. The summed E-state index contributed by atoms with van der Waals surface area (Å²) in [5.74, 6) is -0.315. The Morgan fingerprint density at radius 2 is 1.76 bits per heavy atom. The molecule has 1 saturated heterocycles. The monoisotopic (exact) mass is 334 g/mol. The highest BCUT2D eigenvalue weighted by atomic mass is 19.1. The van der Waals surface area contributed by atoms with Crippen LogP contribution in [0.1, 0.15) is 23.4 Å². The highest BCUT2D eigenvalue weighted by Crippen LogP contribution is 2.36. The molecule has 4 nitrogen and oxygen atoms in total. The molecule has 1 aliphatic heterocycles. The van der Waals surface area contributed by atoms with Crippen LogP contribution in [0.2, 0.25) is 0 Å². The topological polar surface area (TPSA) is 51.2 Å². The summed E-state index contributed by atoms with van der Waals surface area (Å²) in [6, 6.07) is 20.9. The summed E-state index contributed by atoms with van der Waals surface area (Å²) in [4.78, 5) is 16.4. The van der Waals surface area contributed by atoms with Gasteiger partial charge in [-0.1, -0.05) is 48.5 Å². The molecule has 2 heterocycles. The number of nitrogens with one attached hydrogen (secondary N) is 1. The van der Waals surface area contributed by atoms with Gasteiger partial charge >= 0.3 is 6.09 Å². The van der Waals surface area contributed by atoms with Crippen LogP contribution < -0.4 is 5.32 Å². The van der Waals surface area contributed by atoms with Crippen LogP contribution in [0, 0.1) is 5.82 Å².